The number of hydrogen-bond acceptors (Lipinski definition) is 2. The molecule has 86 valence electrons. The molecule has 0 saturated carbocycles. The second kappa shape index (κ2) is 4.19. The van der Waals surface area contributed by atoms with Crippen LogP contribution in [0.5, 0.6) is 0 Å². The first-order valence-corrected chi connectivity index (χ1v) is 5.31. The molecule has 1 heterocycles. The van der Waals surface area contributed by atoms with Crippen LogP contribution in [0, 0.1) is 24.1 Å². The van der Waals surface area contributed by atoms with Crippen molar-refractivity contribution < 1.29 is 4.39 Å². The van der Waals surface area contributed by atoms with Crippen molar-refractivity contribution in [3.05, 3.63) is 40.6 Å². The zero-order valence-electron chi connectivity index (χ0n) is 9.33. The normalized spacial score (nSPS) is 10.3. The van der Waals surface area contributed by atoms with Crippen LogP contribution < -0.4 is 0 Å². The van der Waals surface area contributed by atoms with Gasteiger partial charge in [0, 0.05) is 12.6 Å². The van der Waals surface area contributed by atoms with Gasteiger partial charge in [0.1, 0.15) is 29.1 Å². The molecule has 0 spiro atoms. The topological polar surface area (TPSA) is 41.6 Å². The van der Waals surface area contributed by atoms with E-state index in [1.165, 1.54) is 12.1 Å². The number of nitrogens with zero attached hydrogens (tertiary/aromatic N) is 3. The number of rotatable bonds is 1. The highest BCUT2D eigenvalue weighted by Gasteiger charge is 2.14. The molecule has 0 unspecified atom stereocenters. The van der Waals surface area contributed by atoms with Gasteiger partial charge in [-0.15, -0.1) is 0 Å². The Morgan fingerprint density at radius 2 is 2.18 bits per heavy atom. The van der Waals surface area contributed by atoms with Gasteiger partial charge in [0.15, 0.2) is 0 Å². The van der Waals surface area contributed by atoms with E-state index >= 15 is 0 Å². The maximum atomic E-state index is 13.1. The second-order valence-corrected chi connectivity index (χ2v) is 4.06. The third-order valence-electron chi connectivity index (χ3n) is 2.62. The van der Waals surface area contributed by atoms with Gasteiger partial charge in [0.25, 0.3) is 0 Å². The van der Waals surface area contributed by atoms with E-state index in [0.717, 1.165) is 5.82 Å². The molecule has 0 radical (unpaired) electrons. The van der Waals surface area contributed by atoms with E-state index in [1.807, 2.05) is 0 Å². The molecule has 0 aliphatic rings. The van der Waals surface area contributed by atoms with Crippen molar-refractivity contribution in [1.82, 2.24) is 9.55 Å². The van der Waals surface area contributed by atoms with Crippen LogP contribution in [-0.4, -0.2) is 9.55 Å². The van der Waals surface area contributed by atoms with Crippen molar-refractivity contribution in [3.8, 4) is 17.3 Å². The molecule has 3 nitrogen and oxygen atoms in total. The van der Waals surface area contributed by atoms with Crippen molar-refractivity contribution in [2.24, 2.45) is 7.05 Å². The molecule has 0 saturated heterocycles. The first kappa shape index (κ1) is 11.6. The molecule has 0 aliphatic heterocycles. The van der Waals surface area contributed by atoms with E-state index in [1.54, 1.807) is 24.6 Å². The minimum absolute atomic E-state index is 0.0229. The van der Waals surface area contributed by atoms with Gasteiger partial charge < -0.3 is 4.57 Å². The van der Waals surface area contributed by atoms with E-state index in [9.17, 15) is 4.39 Å². The standard InChI is InChI=1S/C12H9ClFN3/c1-7-16-12(11(6-15)17(7)2)8-3-4-10(14)9(13)5-8/h3-5H,1-2H3. The fourth-order valence-corrected chi connectivity index (χ4v) is 1.76. The van der Waals surface area contributed by atoms with Crippen molar-refractivity contribution in [1.29, 1.82) is 5.26 Å². The molecule has 0 bridgehead atoms. The largest absolute Gasteiger partial charge is 0.323 e. The molecule has 5 heteroatoms. The lowest BCUT2D eigenvalue weighted by atomic mass is 10.1. The number of halogens is 2. The molecule has 0 fully saturated rings. The minimum atomic E-state index is -0.485. The Kier molecular flexibility index (Phi) is 2.86. The van der Waals surface area contributed by atoms with Gasteiger partial charge in [0.2, 0.25) is 0 Å². The molecular weight excluding hydrogens is 241 g/mol. The highest BCUT2D eigenvalue weighted by molar-refractivity contribution is 6.31. The van der Waals surface area contributed by atoms with Crippen LogP contribution in [0.3, 0.4) is 0 Å². The van der Waals surface area contributed by atoms with Gasteiger partial charge in [-0.2, -0.15) is 5.26 Å². The van der Waals surface area contributed by atoms with Gasteiger partial charge in [-0.25, -0.2) is 9.37 Å². The van der Waals surface area contributed by atoms with E-state index in [2.05, 4.69) is 11.1 Å². The zero-order chi connectivity index (χ0) is 12.6. The van der Waals surface area contributed by atoms with Crippen LogP contribution in [0.25, 0.3) is 11.3 Å². The molecule has 1 aromatic heterocycles. The number of hydrogen-bond donors (Lipinski definition) is 0. The predicted octanol–water partition coefficient (Wildman–Crippen LogP) is 3.06. The van der Waals surface area contributed by atoms with Gasteiger partial charge in [-0.3, -0.25) is 0 Å². The summed E-state index contributed by atoms with van der Waals surface area (Å²) in [4.78, 5) is 4.28. The molecule has 0 aliphatic carbocycles. The van der Waals surface area contributed by atoms with Crippen LogP contribution in [0.15, 0.2) is 18.2 Å². The maximum absolute atomic E-state index is 13.1. The van der Waals surface area contributed by atoms with Crippen molar-refractivity contribution in [2.75, 3.05) is 0 Å². The number of benzene rings is 1. The number of nitriles is 1. The van der Waals surface area contributed by atoms with Crippen molar-refractivity contribution in [2.45, 2.75) is 6.92 Å². The second-order valence-electron chi connectivity index (χ2n) is 3.66. The van der Waals surface area contributed by atoms with E-state index in [-0.39, 0.29) is 5.02 Å². The molecule has 0 amide bonds. The summed E-state index contributed by atoms with van der Waals surface area (Å²) in [5.74, 6) is 0.235. The summed E-state index contributed by atoms with van der Waals surface area (Å²) < 4.78 is 14.7. The average Bonchev–Trinajstić information content (AvgIpc) is 2.59. The highest BCUT2D eigenvalue weighted by atomic mass is 35.5. The first-order valence-electron chi connectivity index (χ1n) is 4.93. The highest BCUT2D eigenvalue weighted by Crippen LogP contribution is 2.26. The Labute approximate surface area is 103 Å². The van der Waals surface area contributed by atoms with Crippen molar-refractivity contribution in [3.63, 3.8) is 0 Å². The summed E-state index contributed by atoms with van der Waals surface area (Å²) in [6.07, 6.45) is 0. The third kappa shape index (κ3) is 1.90. The predicted molar refractivity (Wildman–Crippen MR) is 63.1 cm³/mol. The van der Waals surface area contributed by atoms with Crippen LogP contribution >= 0.6 is 11.6 Å². The summed E-state index contributed by atoms with van der Waals surface area (Å²) in [5.41, 5.74) is 1.59. The van der Waals surface area contributed by atoms with Crippen LogP contribution in [0.2, 0.25) is 5.02 Å². The SMILES string of the molecule is Cc1nc(-c2ccc(F)c(Cl)c2)c(C#N)n1C. The molecule has 0 N–H and O–H groups in total. The van der Waals surface area contributed by atoms with Crippen molar-refractivity contribution >= 4 is 11.6 Å². The lowest BCUT2D eigenvalue weighted by Crippen LogP contribution is -1.94. The molecular formula is C12H9ClFN3. The van der Waals surface area contributed by atoms with E-state index < -0.39 is 5.82 Å². The van der Waals surface area contributed by atoms with Gasteiger partial charge >= 0.3 is 0 Å². The monoisotopic (exact) mass is 249 g/mol. The number of aryl methyl sites for hydroxylation is 1. The van der Waals surface area contributed by atoms with Crippen LogP contribution in [0.4, 0.5) is 4.39 Å². The Morgan fingerprint density at radius 3 is 2.76 bits per heavy atom. The Balaban J connectivity index is 2.65. The first-order chi connectivity index (χ1) is 8.04. The quantitative estimate of drug-likeness (QED) is 0.779. The summed E-state index contributed by atoms with van der Waals surface area (Å²) in [6, 6.07) is 6.38. The summed E-state index contributed by atoms with van der Waals surface area (Å²) in [7, 11) is 1.76. The molecule has 17 heavy (non-hydrogen) atoms. The Bertz CT molecular complexity index is 625. The van der Waals surface area contributed by atoms with Gasteiger partial charge in [-0.1, -0.05) is 11.6 Å². The third-order valence-corrected chi connectivity index (χ3v) is 2.91. The number of aromatic nitrogens is 2. The molecule has 0 atom stereocenters. The van der Waals surface area contributed by atoms with E-state index in [4.69, 9.17) is 16.9 Å². The molecule has 2 rings (SSSR count). The van der Waals surface area contributed by atoms with Gasteiger partial charge in [-0.05, 0) is 25.1 Å². The van der Waals surface area contributed by atoms with Crippen LogP contribution in [0.1, 0.15) is 11.5 Å². The molecule has 2 aromatic rings. The Morgan fingerprint density at radius 1 is 1.47 bits per heavy atom. The van der Waals surface area contributed by atoms with Crippen LogP contribution in [-0.2, 0) is 7.05 Å². The average molecular weight is 250 g/mol. The Hall–Kier alpha value is -1.86. The van der Waals surface area contributed by atoms with Gasteiger partial charge in [0.05, 0.1) is 5.02 Å². The fraction of sp³-hybridized carbons (Fsp3) is 0.167. The zero-order valence-corrected chi connectivity index (χ0v) is 10.1. The summed E-state index contributed by atoms with van der Waals surface area (Å²) >= 11 is 5.71. The summed E-state index contributed by atoms with van der Waals surface area (Å²) in [5, 5.41) is 9.10. The summed E-state index contributed by atoms with van der Waals surface area (Å²) in [6.45, 7) is 1.80. The van der Waals surface area contributed by atoms with E-state index in [0.29, 0.717) is 17.0 Å². The number of imidazole rings is 1. The lowest BCUT2D eigenvalue weighted by Gasteiger charge is -2.00. The fourth-order valence-electron chi connectivity index (χ4n) is 1.58. The minimum Gasteiger partial charge on any atom is -0.323 e. The maximum Gasteiger partial charge on any atom is 0.147 e. The smallest absolute Gasteiger partial charge is 0.147 e. The molecule has 1 aromatic carbocycles. The lowest BCUT2D eigenvalue weighted by molar-refractivity contribution is 0.628.